The van der Waals surface area contributed by atoms with Crippen molar-refractivity contribution in [2.24, 2.45) is 5.92 Å². The van der Waals surface area contributed by atoms with Gasteiger partial charge >= 0.3 is 0 Å². The average molecular weight is 424 g/mol. The maximum Gasteiger partial charge on any atom is 0.116 e. The molecule has 0 saturated heterocycles. The minimum absolute atomic E-state index is 0.614. The summed E-state index contributed by atoms with van der Waals surface area (Å²) in [7, 11) is 0. The van der Waals surface area contributed by atoms with Gasteiger partial charge in [-0.05, 0) is 82.4 Å². The summed E-state index contributed by atoms with van der Waals surface area (Å²) in [6, 6.07) is 18.8. The second kappa shape index (κ2) is 15.8. The quantitative estimate of drug-likeness (QED) is 0.284. The number of nitrogens with one attached hydrogen (secondary N) is 1. The Labute approximate surface area is 191 Å². The van der Waals surface area contributed by atoms with Crippen molar-refractivity contribution in [2.45, 2.75) is 92.0 Å². The first kappa shape index (κ1) is 27.1. The molecule has 0 radical (unpaired) electrons. The summed E-state index contributed by atoms with van der Waals surface area (Å²) < 4.78 is 0. The lowest BCUT2D eigenvalue weighted by Gasteiger charge is -2.25. The lowest BCUT2D eigenvalue weighted by atomic mass is 9.86. The van der Waals surface area contributed by atoms with E-state index in [-0.39, 0.29) is 0 Å². The molecule has 0 aromatic heterocycles. The molecule has 31 heavy (non-hydrogen) atoms. The van der Waals surface area contributed by atoms with Crippen LogP contribution in [-0.4, -0.2) is 18.9 Å². The minimum atomic E-state index is 0.614. The number of carbonyl (C=O) groups excluding carboxylic acids is 1. The van der Waals surface area contributed by atoms with Crippen molar-refractivity contribution in [1.82, 2.24) is 5.32 Å². The Morgan fingerprint density at radius 1 is 0.871 bits per heavy atom. The molecule has 0 heterocycles. The Balaban J connectivity index is 0.00000151. The van der Waals surface area contributed by atoms with Crippen LogP contribution >= 0.6 is 0 Å². The van der Waals surface area contributed by atoms with Gasteiger partial charge in [-0.2, -0.15) is 0 Å². The lowest BCUT2D eigenvalue weighted by molar-refractivity contribution is -0.106. The predicted molar refractivity (Wildman–Crippen MR) is 136 cm³/mol. The van der Waals surface area contributed by atoms with Crippen LogP contribution in [0.3, 0.4) is 0 Å². The third-order valence-corrected chi connectivity index (χ3v) is 5.99. The van der Waals surface area contributed by atoms with E-state index in [1.54, 1.807) is 0 Å². The van der Waals surface area contributed by atoms with Crippen LogP contribution < -0.4 is 5.32 Å². The van der Waals surface area contributed by atoms with E-state index in [2.05, 4.69) is 88.5 Å². The van der Waals surface area contributed by atoms with Gasteiger partial charge in [0.25, 0.3) is 0 Å². The van der Waals surface area contributed by atoms with Gasteiger partial charge in [0.05, 0.1) is 0 Å². The fourth-order valence-corrected chi connectivity index (χ4v) is 4.05. The molecular formula is C29H45NO. The largest absolute Gasteiger partial charge is 0.314 e. The molecule has 0 aliphatic heterocycles. The molecule has 2 heteroatoms. The van der Waals surface area contributed by atoms with E-state index >= 15 is 0 Å². The van der Waals surface area contributed by atoms with Gasteiger partial charge in [0.15, 0.2) is 0 Å². The summed E-state index contributed by atoms with van der Waals surface area (Å²) in [5.41, 5.74) is 5.68. The number of hydrogen-bond acceptors (Lipinski definition) is 2. The molecule has 0 bridgehead atoms. The molecule has 0 aliphatic rings. The third kappa shape index (κ3) is 11.3. The average Bonchev–Trinajstić information content (AvgIpc) is 2.74. The molecular weight excluding hydrogens is 378 g/mol. The molecule has 2 nitrogen and oxygen atoms in total. The Morgan fingerprint density at radius 3 is 1.94 bits per heavy atom. The van der Waals surface area contributed by atoms with Crippen molar-refractivity contribution in [1.29, 1.82) is 0 Å². The van der Waals surface area contributed by atoms with E-state index < -0.39 is 0 Å². The molecule has 2 aromatic carbocycles. The number of rotatable bonds is 12. The lowest BCUT2D eigenvalue weighted by Crippen LogP contribution is -2.35. The Kier molecular flexibility index (Phi) is 13.8. The Hall–Kier alpha value is -1.93. The first-order valence-corrected chi connectivity index (χ1v) is 12.2. The highest BCUT2D eigenvalue weighted by molar-refractivity contribution is 5.44. The summed E-state index contributed by atoms with van der Waals surface area (Å²) in [5, 5.41) is 3.86. The molecule has 1 N–H and O–H groups in total. The van der Waals surface area contributed by atoms with Gasteiger partial charge in [-0.1, -0.05) is 86.8 Å². The van der Waals surface area contributed by atoms with Gasteiger partial charge in [0, 0.05) is 6.04 Å². The number of hydrogen-bond donors (Lipinski definition) is 1. The molecule has 2 atom stereocenters. The van der Waals surface area contributed by atoms with Crippen LogP contribution in [-0.2, 0) is 11.2 Å². The molecule has 2 aromatic rings. The maximum atomic E-state index is 8.81. The molecule has 0 spiro atoms. The second-order valence-electron chi connectivity index (χ2n) is 9.10. The SMILES string of the molecule is CC=O.CCCC(CCC(NCCCc1ccc(C)cc1)C(C)C)c1ccc(C)cc1. The molecule has 0 saturated carbocycles. The van der Waals surface area contributed by atoms with Crippen molar-refractivity contribution in [3.8, 4) is 0 Å². The van der Waals surface area contributed by atoms with E-state index in [1.807, 2.05) is 0 Å². The number of carbonyl (C=O) groups is 1. The van der Waals surface area contributed by atoms with Crippen molar-refractivity contribution in [2.75, 3.05) is 6.54 Å². The molecule has 0 amide bonds. The van der Waals surface area contributed by atoms with Crippen LogP contribution in [0.25, 0.3) is 0 Å². The Morgan fingerprint density at radius 2 is 1.42 bits per heavy atom. The molecule has 0 aliphatic carbocycles. The first-order chi connectivity index (χ1) is 14.9. The molecule has 2 rings (SSSR count). The summed E-state index contributed by atoms with van der Waals surface area (Å²) >= 11 is 0. The normalized spacial score (nSPS) is 12.7. The van der Waals surface area contributed by atoms with Gasteiger partial charge in [0.1, 0.15) is 6.29 Å². The third-order valence-electron chi connectivity index (χ3n) is 5.99. The van der Waals surface area contributed by atoms with E-state index in [1.165, 1.54) is 67.7 Å². The van der Waals surface area contributed by atoms with Crippen molar-refractivity contribution < 1.29 is 4.79 Å². The zero-order valence-corrected chi connectivity index (χ0v) is 20.8. The molecule has 2 unspecified atom stereocenters. The zero-order chi connectivity index (χ0) is 23.1. The van der Waals surface area contributed by atoms with Gasteiger partial charge in [-0.3, -0.25) is 0 Å². The number of aldehydes is 1. The minimum Gasteiger partial charge on any atom is -0.314 e. The monoisotopic (exact) mass is 423 g/mol. The first-order valence-electron chi connectivity index (χ1n) is 12.2. The topological polar surface area (TPSA) is 29.1 Å². The van der Waals surface area contributed by atoms with Crippen LogP contribution in [0.5, 0.6) is 0 Å². The van der Waals surface area contributed by atoms with Crippen LogP contribution in [0.1, 0.15) is 88.0 Å². The van der Waals surface area contributed by atoms with Crippen LogP contribution in [0.2, 0.25) is 0 Å². The summed E-state index contributed by atoms with van der Waals surface area (Å²) in [4.78, 5) is 8.81. The fourth-order valence-electron chi connectivity index (χ4n) is 4.05. The van der Waals surface area contributed by atoms with Crippen molar-refractivity contribution >= 4 is 6.29 Å². The van der Waals surface area contributed by atoms with Crippen molar-refractivity contribution in [3.05, 3.63) is 70.8 Å². The highest BCUT2D eigenvalue weighted by Crippen LogP contribution is 2.28. The highest BCUT2D eigenvalue weighted by atomic mass is 16.1. The van der Waals surface area contributed by atoms with Crippen molar-refractivity contribution in [3.63, 3.8) is 0 Å². The van der Waals surface area contributed by atoms with Gasteiger partial charge in [-0.15, -0.1) is 0 Å². The molecule has 172 valence electrons. The summed E-state index contributed by atoms with van der Waals surface area (Å²) in [6.07, 6.45) is 8.23. The fraction of sp³-hybridized carbons (Fsp3) is 0.552. The smallest absolute Gasteiger partial charge is 0.116 e. The number of aryl methyl sites for hydroxylation is 3. The molecule has 0 fully saturated rings. The summed E-state index contributed by atoms with van der Waals surface area (Å²) in [5.74, 6) is 1.38. The van der Waals surface area contributed by atoms with Gasteiger partial charge in [0.2, 0.25) is 0 Å². The maximum absolute atomic E-state index is 8.81. The standard InChI is InChI=1S/C27H41N.C2H4O/c1-6-8-25(26-16-12-23(5)13-17-26)18-19-27(21(2)3)28-20-7-9-24-14-10-22(4)11-15-24;1-2-3/h10-17,21,25,27-28H,6-9,18-20H2,1-5H3;2H,1H3. The second-order valence-corrected chi connectivity index (χ2v) is 9.10. The predicted octanol–water partition coefficient (Wildman–Crippen LogP) is 7.42. The number of benzene rings is 2. The summed E-state index contributed by atoms with van der Waals surface area (Å²) in [6.45, 7) is 13.9. The van der Waals surface area contributed by atoms with Gasteiger partial charge < -0.3 is 10.1 Å². The zero-order valence-electron chi connectivity index (χ0n) is 20.8. The van der Waals surface area contributed by atoms with Crippen LogP contribution in [0, 0.1) is 19.8 Å². The van der Waals surface area contributed by atoms with E-state index in [0.29, 0.717) is 17.9 Å². The van der Waals surface area contributed by atoms with Crippen LogP contribution in [0.15, 0.2) is 48.5 Å². The highest BCUT2D eigenvalue weighted by Gasteiger charge is 2.17. The Bertz CT molecular complexity index is 703. The van der Waals surface area contributed by atoms with Crippen LogP contribution in [0.4, 0.5) is 0 Å². The van der Waals surface area contributed by atoms with E-state index in [4.69, 9.17) is 4.79 Å². The van der Waals surface area contributed by atoms with E-state index in [0.717, 1.165) is 12.8 Å². The van der Waals surface area contributed by atoms with Gasteiger partial charge in [-0.25, -0.2) is 0 Å². The van der Waals surface area contributed by atoms with E-state index in [9.17, 15) is 0 Å².